The minimum atomic E-state index is 0.00389. The second-order valence-corrected chi connectivity index (χ2v) is 3.82. The Balaban J connectivity index is 3.85. The average Bonchev–Trinajstić information content (AvgIpc) is 2.16. The maximum atomic E-state index is 11.4. The van der Waals surface area contributed by atoms with Crippen molar-refractivity contribution in [2.45, 2.75) is 26.8 Å². The second kappa shape index (κ2) is 6.79. The standard InChI is InChI=1S/C10H22N2O2/c1-5-12(4)10(14)6-11-9(7-13)8(2)3/h8-9,11,13H,5-7H2,1-4H3/t9-/m1/s1. The van der Waals surface area contributed by atoms with Crippen molar-refractivity contribution < 1.29 is 9.90 Å². The van der Waals surface area contributed by atoms with Gasteiger partial charge in [-0.05, 0) is 12.8 Å². The Morgan fingerprint density at radius 3 is 2.43 bits per heavy atom. The molecule has 0 heterocycles. The van der Waals surface area contributed by atoms with Crippen LogP contribution >= 0.6 is 0 Å². The van der Waals surface area contributed by atoms with Crippen molar-refractivity contribution in [3.8, 4) is 0 Å². The van der Waals surface area contributed by atoms with Crippen molar-refractivity contribution in [3.63, 3.8) is 0 Å². The van der Waals surface area contributed by atoms with Gasteiger partial charge in [0.25, 0.3) is 0 Å². The smallest absolute Gasteiger partial charge is 0.236 e. The summed E-state index contributed by atoms with van der Waals surface area (Å²) in [6.07, 6.45) is 0. The molecular weight excluding hydrogens is 180 g/mol. The molecule has 0 aliphatic carbocycles. The van der Waals surface area contributed by atoms with E-state index in [-0.39, 0.29) is 18.6 Å². The maximum absolute atomic E-state index is 11.4. The van der Waals surface area contributed by atoms with Crippen molar-refractivity contribution in [1.29, 1.82) is 0 Å². The molecule has 0 unspecified atom stereocenters. The van der Waals surface area contributed by atoms with Crippen LogP contribution in [0.15, 0.2) is 0 Å². The lowest BCUT2D eigenvalue weighted by Gasteiger charge is -2.21. The molecule has 0 aliphatic rings. The van der Waals surface area contributed by atoms with Gasteiger partial charge in [0.05, 0.1) is 13.2 Å². The summed E-state index contributed by atoms with van der Waals surface area (Å²) in [5, 5.41) is 12.1. The normalized spacial score (nSPS) is 13.0. The fraction of sp³-hybridized carbons (Fsp3) is 0.900. The first-order valence-electron chi connectivity index (χ1n) is 5.11. The summed E-state index contributed by atoms with van der Waals surface area (Å²) >= 11 is 0. The zero-order chi connectivity index (χ0) is 11.1. The number of hydrogen-bond donors (Lipinski definition) is 2. The fourth-order valence-electron chi connectivity index (χ4n) is 1.04. The van der Waals surface area contributed by atoms with E-state index in [1.54, 1.807) is 11.9 Å². The van der Waals surface area contributed by atoms with Gasteiger partial charge < -0.3 is 15.3 Å². The predicted octanol–water partition coefficient (Wildman–Crippen LogP) is 0.0712. The van der Waals surface area contributed by atoms with E-state index in [9.17, 15) is 4.79 Å². The van der Waals surface area contributed by atoms with Crippen molar-refractivity contribution in [3.05, 3.63) is 0 Å². The van der Waals surface area contributed by atoms with E-state index in [1.165, 1.54) is 0 Å². The van der Waals surface area contributed by atoms with Gasteiger partial charge in [-0.25, -0.2) is 0 Å². The first-order valence-corrected chi connectivity index (χ1v) is 5.11. The molecule has 0 aromatic rings. The molecule has 14 heavy (non-hydrogen) atoms. The highest BCUT2D eigenvalue weighted by molar-refractivity contribution is 5.77. The number of amides is 1. The van der Waals surface area contributed by atoms with E-state index in [0.29, 0.717) is 19.0 Å². The van der Waals surface area contributed by atoms with Crippen LogP contribution in [-0.2, 0) is 4.79 Å². The zero-order valence-electron chi connectivity index (χ0n) is 9.58. The average molecular weight is 202 g/mol. The highest BCUT2D eigenvalue weighted by atomic mass is 16.3. The number of carbonyl (C=O) groups excluding carboxylic acids is 1. The SMILES string of the molecule is CCN(C)C(=O)CN[C@H](CO)C(C)C. The Labute approximate surface area is 86.3 Å². The molecule has 0 bridgehead atoms. The summed E-state index contributed by atoms with van der Waals surface area (Å²) in [6.45, 7) is 7.05. The van der Waals surface area contributed by atoms with Crippen LogP contribution in [0.25, 0.3) is 0 Å². The van der Waals surface area contributed by atoms with E-state index < -0.39 is 0 Å². The van der Waals surface area contributed by atoms with Crippen LogP contribution in [0, 0.1) is 5.92 Å². The van der Waals surface area contributed by atoms with Crippen LogP contribution in [0.4, 0.5) is 0 Å². The summed E-state index contributed by atoms with van der Waals surface area (Å²) in [5.74, 6) is 0.395. The quantitative estimate of drug-likeness (QED) is 0.641. The monoisotopic (exact) mass is 202 g/mol. The number of hydrogen-bond acceptors (Lipinski definition) is 3. The van der Waals surface area contributed by atoms with Crippen LogP contribution in [0.3, 0.4) is 0 Å². The van der Waals surface area contributed by atoms with Gasteiger partial charge in [0.2, 0.25) is 5.91 Å². The summed E-state index contributed by atoms with van der Waals surface area (Å²) in [5.41, 5.74) is 0. The maximum Gasteiger partial charge on any atom is 0.236 e. The van der Waals surface area contributed by atoms with Gasteiger partial charge in [0.15, 0.2) is 0 Å². The second-order valence-electron chi connectivity index (χ2n) is 3.82. The van der Waals surface area contributed by atoms with E-state index in [2.05, 4.69) is 5.32 Å². The Morgan fingerprint density at radius 2 is 2.07 bits per heavy atom. The number of aliphatic hydroxyl groups is 1. The Hall–Kier alpha value is -0.610. The molecule has 1 amide bonds. The largest absolute Gasteiger partial charge is 0.395 e. The fourth-order valence-corrected chi connectivity index (χ4v) is 1.04. The van der Waals surface area contributed by atoms with Crippen molar-refractivity contribution in [2.24, 2.45) is 5.92 Å². The Kier molecular flexibility index (Phi) is 6.49. The summed E-state index contributed by atoms with van der Waals surface area (Å²) in [4.78, 5) is 13.1. The van der Waals surface area contributed by atoms with Gasteiger partial charge in [-0.15, -0.1) is 0 Å². The van der Waals surface area contributed by atoms with Crippen LogP contribution in [0.2, 0.25) is 0 Å². The van der Waals surface area contributed by atoms with Gasteiger partial charge in [-0.2, -0.15) is 0 Å². The van der Waals surface area contributed by atoms with Gasteiger partial charge in [-0.1, -0.05) is 13.8 Å². The number of likely N-dealkylation sites (N-methyl/N-ethyl adjacent to an activating group) is 1. The highest BCUT2D eigenvalue weighted by Gasteiger charge is 2.14. The molecule has 4 heteroatoms. The minimum absolute atomic E-state index is 0.00389. The van der Waals surface area contributed by atoms with Crippen LogP contribution in [-0.4, -0.2) is 48.7 Å². The number of nitrogens with zero attached hydrogens (tertiary/aromatic N) is 1. The number of aliphatic hydroxyl groups excluding tert-OH is 1. The van der Waals surface area contributed by atoms with E-state index in [1.807, 2.05) is 20.8 Å². The molecule has 0 aromatic heterocycles. The number of carbonyl (C=O) groups is 1. The van der Waals surface area contributed by atoms with Crippen LogP contribution < -0.4 is 5.32 Å². The van der Waals surface area contributed by atoms with Crippen molar-refractivity contribution >= 4 is 5.91 Å². The molecule has 0 aliphatic heterocycles. The number of nitrogens with one attached hydrogen (secondary N) is 1. The summed E-state index contributed by atoms with van der Waals surface area (Å²) in [7, 11) is 1.77. The number of rotatable bonds is 6. The summed E-state index contributed by atoms with van der Waals surface area (Å²) in [6, 6.07) is 0.00389. The molecular formula is C10H22N2O2. The molecule has 2 N–H and O–H groups in total. The van der Waals surface area contributed by atoms with Gasteiger partial charge in [0.1, 0.15) is 0 Å². The first-order chi connectivity index (χ1) is 6.52. The minimum Gasteiger partial charge on any atom is -0.395 e. The topological polar surface area (TPSA) is 52.6 Å². The molecule has 0 spiro atoms. The third kappa shape index (κ3) is 4.58. The molecule has 0 saturated heterocycles. The molecule has 0 rings (SSSR count). The predicted molar refractivity (Wildman–Crippen MR) is 57.0 cm³/mol. The van der Waals surface area contributed by atoms with Gasteiger partial charge in [0, 0.05) is 19.6 Å². The zero-order valence-corrected chi connectivity index (χ0v) is 9.58. The van der Waals surface area contributed by atoms with E-state index >= 15 is 0 Å². The molecule has 4 nitrogen and oxygen atoms in total. The molecule has 0 aromatic carbocycles. The third-order valence-corrected chi connectivity index (χ3v) is 2.42. The van der Waals surface area contributed by atoms with Crippen molar-refractivity contribution in [1.82, 2.24) is 10.2 Å². The molecule has 1 atom stereocenters. The lowest BCUT2D eigenvalue weighted by molar-refractivity contribution is -0.128. The first kappa shape index (κ1) is 13.4. The Morgan fingerprint density at radius 1 is 1.50 bits per heavy atom. The van der Waals surface area contributed by atoms with E-state index in [0.717, 1.165) is 0 Å². The third-order valence-electron chi connectivity index (χ3n) is 2.42. The lowest BCUT2D eigenvalue weighted by atomic mass is 10.1. The Bertz CT molecular complexity index is 172. The molecule has 84 valence electrons. The highest BCUT2D eigenvalue weighted by Crippen LogP contribution is 1.99. The lowest BCUT2D eigenvalue weighted by Crippen LogP contribution is -2.43. The van der Waals surface area contributed by atoms with Crippen LogP contribution in [0.1, 0.15) is 20.8 Å². The molecule has 0 radical (unpaired) electrons. The van der Waals surface area contributed by atoms with Gasteiger partial charge in [-0.3, -0.25) is 4.79 Å². The van der Waals surface area contributed by atoms with Gasteiger partial charge >= 0.3 is 0 Å². The molecule has 0 fully saturated rings. The van der Waals surface area contributed by atoms with Crippen molar-refractivity contribution in [2.75, 3.05) is 26.7 Å². The molecule has 0 saturated carbocycles. The summed E-state index contributed by atoms with van der Waals surface area (Å²) < 4.78 is 0. The van der Waals surface area contributed by atoms with Crippen LogP contribution in [0.5, 0.6) is 0 Å². The van der Waals surface area contributed by atoms with E-state index in [4.69, 9.17) is 5.11 Å².